The quantitative estimate of drug-likeness (QED) is 0.920. The molecule has 1 heterocycles. The molecule has 96 valence electrons. The predicted octanol–water partition coefficient (Wildman–Crippen LogP) is 2.05. The molecule has 0 fully saturated rings. The molecule has 2 N–H and O–H groups in total. The number of sulfone groups is 1. The maximum absolute atomic E-state index is 11.5. The smallest absolute Gasteiger partial charge is 0.157 e. The van der Waals surface area contributed by atoms with Crippen LogP contribution in [0.3, 0.4) is 0 Å². The topological polar surface area (TPSA) is 85.9 Å². The first-order valence-corrected chi connectivity index (χ1v) is 7.91. The van der Waals surface area contributed by atoms with Crippen molar-refractivity contribution in [3.63, 3.8) is 0 Å². The van der Waals surface area contributed by atoms with Gasteiger partial charge >= 0.3 is 0 Å². The lowest BCUT2D eigenvalue weighted by atomic mass is 10.1. The highest BCUT2D eigenvalue weighted by Gasteiger charge is 2.23. The number of hydrogen-bond donors (Lipinski definition) is 1. The van der Waals surface area contributed by atoms with Gasteiger partial charge in [-0.2, -0.15) is 0 Å². The summed E-state index contributed by atoms with van der Waals surface area (Å²) in [6, 6.07) is 0. The van der Waals surface area contributed by atoms with Gasteiger partial charge in [0.25, 0.3) is 0 Å². The van der Waals surface area contributed by atoms with Crippen molar-refractivity contribution < 1.29 is 8.42 Å². The van der Waals surface area contributed by atoms with Gasteiger partial charge in [0.2, 0.25) is 0 Å². The first-order valence-electron chi connectivity index (χ1n) is 5.16. The highest BCUT2D eigenvalue weighted by atomic mass is 79.9. The predicted molar refractivity (Wildman–Crippen MR) is 71.5 cm³/mol. The van der Waals surface area contributed by atoms with Crippen LogP contribution in [-0.2, 0) is 9.84 Å². The van der Waals surface area contributed by atoms with Gasteiger partial charge in [0.05, 0.1) is 10.2 Å². The number of nitrogens with zero attached hydrogens (tertiary/aromatic N) is 2. The molecule has 0 radical (unpaired) electrons. The molecule has 0 aromatic carbocycles. The number of nitrogens with two attached hydrogens (primary N) is 1. The van der Waals surface area contributed by atoms with Gasteiger partial charge in [-0.1, -0.05) is 13.8 Å². The van der Waals surface area contributed by atoms with Gasteiger partial charge < -0.3 is 5.73 Å². The molecule has 1 aromatic rings. The van der Waals surface area contributed by atoms with E-state index in [9.17, 15) is 8.42 Å². The Morgan fingerprint density at radius 2 is 1.76 bits per heavy atom. The molecule has 0 spiro atoms. The molecule has 1 aromatic heterocycles. The second-order valence-electron chi connectivity index (χ2n) is 4.29. The van der Waals surface area contributed by atoms with E-state index < -0.39 is 15.1 Å². The fourth-order valence-electron chi connectivity index (χ4n) is 1.26. The average Bonchev–Trinajstić information content (AvgIpc) is 2.19. The van der Waals surface area contributed by atoms with E-state index in [0.717, 1.165) is 11.9 Å². The number of hydrogen-bond acceptors (Lipinski definition) is 5. The van der Waals surface area contributed by atoms with Crippen LogP contribution in [0.2, 0.25) is 0 Å². The Bertz CT molecular complexity index is 529. The summed E-state index contributed by atoms with van der Waals surface area (Å²) in [5, 5.41) is -0.754. The summed E-state index contributed by atoms with van der Waals surface area (Å²) in [7, 11) is -3.22. The van der Waals surface area contributed by atoms with Crippen LogP contribution >= 0.6 is 15.9 Å². The van der Waals surface area contributed by atoms with Crippen molar-refractivity contribution in [2.24, 2.45) is 0 Å². The van der Waals surface area contributed by atoms with E-state index in [1.807, 2.05) is 13.8 Å². The van der Waals surface area contributed by atoms with E-state index in [1.54, 1.807) is 6.92 Å². The lowest BCUT2D eigenvalue weighted by molar-refractivity contribution is 0.588. The standard InChI is InChI=1S/C10H16BrN3O2S/c1-5(2)8-7(11)9(12)14-10(13-8)6(3)17(4,15)16/h5-6H,1-4H3,(H2,12,13,14). The molecular formula is C10H16BrN3O2S. The summed E-state index contributed by atoms with van der Waals surface area (Å²) < 4.78 is 23.6. The van der Waals surface area contributed by atoms with Gasteiger partial charge in [0.15, 0.2) is 9.84 Å². The third kappa shape index (κ3) is 3.16. The van der Waals surface area contributed by atoms with Crippen molar-refractivity contribution >= 4 is 31.6 Å². The van der Waals surface area contributed by atoms with Crippen LogP contribution in [0.15, 0.2) is 4.47 Å². The van der Waals surface area contributed by atoms with Crippen LogP contribution in [0.1, 0.15) is 43.5 Å². The molecule has 0 aliphatic rings. The van der Waals surface area contributed by atoms with E-state index in [-0.39, 0.29) is 17.6 Å². The van der Waals surface area contributed by atoms with E-state index in [1.165, 1.54) is 0 Å². The largest absolute Gasteiger partial charge is 0.383 e. The fraction of sp³-hybridized carbons (Fsp3) is 0.600. The number of rotatable bonds is 3. The lowest BCUT2D eigenvalue weighted by Crippen LogP contribution is -2.14. The van der Waals surface area contributed by atoms with Crippen molar-refractivity contribution in [1.82, 2.24) is 9.97 Å². The molecule has 1 unspecified atom stereocenters. The molecule has 0 amide bonds. The first kappa shape index (κ1) is 14.4. The number of anilines is 1. The number of nitrogen functional groups attached to an aromatic ring is 1. The summed E-state index contributed by atoms with van der Waals surface area (Å²) in [5.74, 6) is 0.659. The van der Waals surface area contributed by atoms with Crippen molar-refractivity contribution in [1.29, 1.82) is 0 Å². The molecule has 0 saturated carbocycles. The third-order valence-corrected chi connectivity index (χ3v) is 4.78. The van der Waals surface area contributed by atoms with Gasteiger partial charge in [0.1, 0.15) is 16.9 Å². The Kier molecular flexibility index (Phi) is 4.14. The Balaban J connectivity index is 3.39. The minimum atomic E-state index is -3.22. The normalized spacial score (nSPS) is 14.0. The molecule has 7 heteroatoms. The van der Waals surface area contributed by atoms with Crippen molar-refractivity contribution in [3.8, 4) is 0 Å². The third-order valence-electron chi connectivity index (χ3n) is 2.47. The minimum absolute atomic E-state index is 0.139. The second-order valence-corrected chi connectivity index (χ2v) is 7.45. The van der Waals surface area contributed by atoms with Crippen molar-refractivity contribution in [2.45, 2.75) is 31.9 Å². The summed E-state index contributed by atoms with van der Waals surface area (Å²) in [5.41, 5.74) is 6.47. The van der Waals surface area contributed by atoms with Gasteiger partial charge in [-0.15, -0.1) is 0 Å². The Morgan fingerprint density at radius 1 is 1.24 bits per heavy atom. The molecule has 5 nitrogen and oxygen atoms in total. The summed E-state index contributed by atoms with van der Waals surface area (Å²) >= 11 is 3.32. The molecule has 0 saturated heterocycles. The van der Waals surface area contributed by atoms with Crippen LogP contribution in [0.4, 0.5) is 5.82 Å². The SMILES string of the molecule is CC(C)c1nc(C(C)S(C)(=O)=O)nc(N)c1Br. The fourth-order valence-corrected chi connectivity index (χ4v) is 2.38. The van der Waals surface area contributed by atoms with E-state index >= 15 is 0 Å². The lowest BCUT2D eigenvalue weighted by Gasteiger charge is -2.14. The molecule has 17 heavy (non-hydrogen) atoms. The highest BCUT2D eigenvalue weighted by Crippen LogP contribution is 2.29. The second kappa shape index (κ2) is 4.89. The zero-order chi connectivity index (χ0) is 13.4. The van der Waals surface area contributed by atoms with Crippen molar-refractivity contribution in [3.05, 3.63) is 16.0 Å². The van der Waals surface area contributed by atoms with E-state index in [4.69, 9.17) is 5.73 Å². The molecular weight excluding hydrogens is 306 g/mol. The number of aromatic nitrogens is 2. The molecule has 0 bridgehead atoms. The average molecular weight is 322 g/mol. The van der Waals surface area contributed by atoms with Crippen LogP contribution in [0, 0.1) is 0 Å². The Morgan fingerprint density at radius 3 is 2.18 bits per heavy atom. The zero-order valence-electron chi connectivity index (χ0n) is 10.2. The van der Waals surface area contributed by atoms with E-state index in [2.05, 4.69) is 25.9 Å². The van der Waals surface area contributed by atoms with Crippen LogP contribution in [-0.4, -0.2) is 24.6 Å². The maximum Gasteiger partial charge on any atom is 0.157 e. The van der Waals surface area contributed by atoms with Crippen LogP contribution < -0.4 is 5.73 Å². The summed E-state index contributed by atoms with van der Waals surface area (Å²) in [6.07, 6.45) is 1.16. The van der Waals surface area contributed by atoms with Gasteiger partial charge in [-0.3, -0.25) is 0 Å². The summed E-state index contributed by atoms with van der Waals surface area (Å²) in [6.45, 7) is 5.48. The van der Waals surface area contributed by atoms with Crippen LogP contribution in [0.5, 0.6) is 0 Å². The van der Waals surface area contributed by atoms with Crippen LogP contribution in [0.25, 0.3) is 0 Å². The molecule has 1 rings (SSSR count). The van der Waals surface area contributed by atoms with Gasteiger partial charge in [-0.05, 0) is 28.8 Å². The van der Waals surface area contributed by atoms with Crippen molar-refractivity contribution in [2.75, 3.05) is 12.0 Å². The van der Waals surface area contributed by atoms with Gasteiger partial charge in [-0.25, -0.2) is 18.4 Å². The highest BCUT2D eigenvalue weighted by molar-refractivity contribution is 9.10. The molecule has 0 aliphatic carbocycles. The monoisotopic (exact) mass is 321 g/mol. The summed E-state index contributed by atoms with van der Waals surface area (Å²) in [4.78, 5) is 8.30. The first-order chi connectivity index (χ1) is 7.64. The van der Waals surface area contributed by atoms with E-state index in [0.29, 0.717) is 4.47 Å². The molecule has 1 atom stereocenters. The zero-order valence-corrected chi connectivity index (χ0v) is 12.6. The Hall–Kier alpha value is -0.690. The maximum atomic E-state index is 11.5. The Labute approximate surface area is 110 Å². The molecule has 0 aliphatic heterocycles. The number of halogens is 1. The van der Waals surface area contributed by atoms with Gasteiger partial charge in [0, 0.05) is 6.26 Å². The minimum Gasteiger partial charge on any atom is -0.383 e.